The first-order valence-electron chi connectivity index (χ1n) is 6.88. The first-order chi connectivity index (χ1) is 10.00. The number of hydrogen-bond donors (Lipinski definition) is 2. The van der Waals surface area contributed by atoms with E-state index in [1.807, 2.05) is 0 Å². The van der Waals surface area contributed by atoms with Crippen LogP contribution in [0.1, 0.15) is 28.8 Å². The molecule has 21 heavy (non-hydrogen) atoms. The number of hydrogen-bond acceptors (Lipinski definition) is 5. The number of piperidine rings is 1. The Morgan fingerprint density at radius 3 is 2.95 bits per heavy atom. The maximum absolute atomic E-state index is 12.2. The quantitative estimate of drug-likeness (QED) is 0.780. The zero-order valence-electron chi connectivity index (χ0n) is 12.0. The minimum atomic E-state index is -3.43. The second-order valence-corrected chi connectivity index (χ2v) is 6.87. The second-order valence-electron chi connectivity index (χ2n) is 5.11. The Morgan fingerprint density at radius 1 is 1.48 bits per heavy atom. The van der Waals surface area contributed by atoms with Crippen molar-refractivity contribution >= 4 is 16.0 Å². The van der Waals surface area contributed by atoms with Crippen LogP contribution in [0.25, 0.3) is 0 Å². The minimum Gasteiger partial charge on any atom is -0.465 e. The van der Waals surface area contributed by atoms with Gasteiger partial charge in [-0.1, -0.05) is 12.1 Å². The van der Waals surface area contributed by atoms with Crippen LogP contribution in [0.2, 0.25) is 0 Å². The number of benzene rings is 1. The molecule has 1 heterocycles. The number of carbonyl (C=O) groups excluding carboxylic acids is 1. The predicted octanol–water partition coefficient (Wildman–Crippen LogP) is 0.645. The smallest absolute Gasteiger partial charge is 0.337 e. The van der Waals surface area contributed by atoms with E-state index >= 15 is 0 Å². The van der Waals surface area contributed by atoms with Gasteiger partial charge in [-0.3, -0.25) is 0 Å². The van der Waals surface area contributed by atoms with Crippen LogP contribution in [0.3, 0.4) is 0 Å². The van der Waals surface area contributed by atoms with Crippen LogP contribution in [0.15, 0.2) is 24.3 Å². The van der Waals surface area contributed by atoms with Crippen LogP contribution in [-0.4, -0.2) is 40.6 Å². The monoisotopic (exact) mass is 312 g/mol. The van der Waals surface area contributed by atoms with Gasteiger partial charge in [-0.15, -0.1) is 0 Å². The van der Waals surface area contributed by atoms with Gasteiger partial charge in [0.1, 0.15) is 0 Å². The lowest BCUT2D eigenvalue weighted by Crippen LogP contribution is -2.45. The van der Waals surface area contributed by atoms with Gasteiger partial charge in [0, 0.05) is 12.6 Å². The Hall–Kier alpha value is -1.44. The Kier molecular flexibility index (Phi) is 5.33. The van der Waals surface area contributed by atoms with Crippen LogP contribution >= 0.6 is 0 Å². The van der Waals surface area contributed by atoms with Gasteiger partial charge in [-0.25, -0.2) is 17.9 Å². The second kappa shape index (κ2) is 7.02. The van der Waals surface area contributed by atoms with Gasteiger partial charge in [0.25, 0.3) is 0 Å². The van der Waals surface area contributed by atoms with Gasteiger partial charge in [0.05, 0.1) is 18.4 Å². The molecular weight excluding hydrogens is 292 g/mol. The van der Waals surface area contributed by atoms with Crippen molar-refractivity contribution in [1.29, 1.82) is 0 Å². The van der Waals surface area contributed by atoms with E-state index in [0.717, 1.165) is 19.4 Å². The van der Waals surface area contributed by atoms with Crippen LogP contribution in [0.4, 0.5) is 0 Å². The largest absolute Gasteiger partial charge is 0.465 e. The molecule has 2 rings (SSSR count). The van der Waals surface area contributed by atoms with Gasteiger partial charge in [-0.05, 0) is 37.1 Å². The fourth-order valence-corrected chi connectivity index (χ4v) is 3.78. The molecule has 1 unspecified atom stereocenters. The van der Waals surface area contributed by atoms with Crippen LogP contribution in [-0.2, 0) is 20.5 Å². The number of methoxy groups -OCH3 is 1. The summed E-state index contributed by atoms with van der Waals surface area (Å²) in [4.78, 5) is 11.5. The molecule has 1 aliphatic heterocycles. The van der Waals surface area contributed by atoms with Gasteiger partial charge in [-0.2, -0.15) is 0 Å². The van der Waals surface area contributed by atoms with E-state index in [1.165, 1.54) is 7.11 Å². The highest BCUT2D eigenvalue weighted by molar-refractivity contribution is 7.88. The summed E-state index contributed by atoms with van der Waals surface area (Å²) in [7, 11) is -2.13. The lowest BCUT2D eigenvalue weighted by molar-refractivity contribution is 0.0600. The first-order valence-corrected chi connectivity index (χ1v) is 8.53. The average molecular weight is 312 g/mol. The molecule has 7 heteroatoms. The molecule has 6 nitrogen and oxygen atoms in total. The van der Waals surface area contributed by atoms with Crippen molar-refractivity contribution in [1.82, 2.24) is 10.0 Å². The number of carbonyl (C=O) groups is 1. The summed E-state index contributed by atoms with van der Waals surface area (Å²) >= 11 is 0. The molecular formula is C14H20N2O4S. The summed E-state index contributed by atoms with van der Waals surface area (Å²) in [6.07, 6.45) is 1.81. The zero-order valence-corrected chi connectivity index (χ0v) is 12.8. The van der Waals surface area contributed by atoms with Crippen molar-refractivity contribution in [3.05, 3.63) is 35.4 Å². The van der Waals surface area contributed by atoms with E-state index in [9.17, 15) is 13.2 Å². The number of esters is 1. The molecule has 1 saturated heterocycles. The van der Waals surface area contributed by atoms with Gasteiger partial charge >= 0.3 is 5.97 Å². The van der Waals surface area contributed by atoms with Gasteiger partial charge in [0.15, 0.2) is 0 Å². The molecule has 0 aromatic heterocycles. The summed E-state index contributed by atoms with van der Waals surface area (Å²) in [5, 5.41) is 3.16. The van der Waals surface area contributed by atoms with Crippen molar-refractivity contribution in [3.63, 3.8) is 0 Å². The standard InChI is InChI=1S/C14H20N2O4S/c1-20-14(17)12-5-2-4-11(8-12)10-21(18,19)16-13-6-3-7-15-9-13/h2,4-5,8,13,15-16H,3,6-7,9-10H2,1H3. The molecule has 116 valence electrons. The Bertz CT molecular complexity index is 595. The highest BCUT2D eigenvalue weighted by Crippen LogP contribution is 2.11. The number of rotatable bonds is 5. The molecule has 0 bridgehead atoms. The molecule has 2 N–H and O–H groups in total. The molecule has 0 amide bonds. The Labute approximate surface area is 124 Å². The summed E-state index contributed by atoms with van der Waals surface area (Å²) in [5.41, 5.74) is 0.915. The fourth-order valence-electron chi connectivity index (χ4n) is 2.37. The lowest BCUT2D eigenvalue weighted by Gasteiger charge is -2.23. The van der Waals surface area contributed by atoms with Crippen molar-refractivity contribution in [2.24, 2.45) is 0 Å². The zero-order chi connectivity index (χ0) is 15.3. The molecule has 0 radical (unpaired) electrons. The topological polar surface area (TPSA) is 84.5 Å². The number of nitrogens with one attached hydrogen (secondary N) is 2. The molecule has 1 aromatic carbocycles. The third kappa shape index (κ3) is 4.80. The highest BCUT2D eigenvalue weighted by atomic mass is 32.2. The van der Waals surface area contributed by atoms with E-state index in [1.54, 1.807) is 24.3 Å². The van der Waals surface area contributed by atoms with Crippen molar-refractivity contribution in [3.8, 4) is 0 Å². The van der Waals surface area contributed by atoms with E-state index in [0.29, 0.717) is 17.7 Å². The molecule has 1 aliphatic rings. The van der Waals surface area contributed by atoms with Gasteiger partial charge < -0.3 is 10.1 Å². The van der Waals surface area contributed by atoms with E-state index in [-0.39, 0.29) is 11.8 Å². The normalized spacial score (nSPS) is 19.2. The molecule has 1 atom stereocenters. The van der Waals surface area contributed by atoms with Crippen LogP contribution in [0.5, 0.6) is 0 Å². The summed E-state index contributed by atoms with van der Waals surface area (Å²) in [6, 6.07) is 6.42. The van der Waals surface area contributed by atoms with Crippen molar-refractivity contribution in [2.75, 3.05) is 20.2 Å². The molecule has 1 fully saturated rings. The summed E-state index contributed by atoms with van der Waals surface area (Å²) < 4.78 is 31.7. The predicted molar refractivity (Wildman–Crippen MR) is 79.4 cm³/mol. The van der Waals surface area contributed by atoms with Crippen molar-refractivity contribution in [2.45, 2.75) is 24.6 Å². The Balaban J connectivity index is 2.03. The SMILES string of the molecule is COC(=O)c1cccc(CS(=O)(=O)NC2CCCNC2)c1. The molecule has 1 aromatic rings. The number of ether oxygens (including phenoxy) is 1. The van der Waals surface area contributed by atoms with Crippen LogP contribution < -0.4 is 10.0 Å². The summed E-state index contributed by atoms with van der Waals surface area (Å²) in [6.45, 7) is 1.58. The molecule has 0 spiro atoms. The van der Waals surface area contributed by atoms with Crippen molar-refractivity contribution < 1.29 is 17.9 Å². The molecule has 0 aliphatic carbocycles. The maximum Gasteiger partial charge on any atom is 0.337 e. The van der Waals surface area contributed by atoms with E-state index < -0.39 is 16.0 Å². The van der Waals surface area contributed by atoms with Crippen LogP contribution in [0, 0.1) is 0 Å². The van der Waals surface area contributed by atoms with Gasteiger partial charge in [0.2, 0.25) is 10.0 Å². The maximum atomic E-state index is 12.2. The Morgan fingerprint density at radius 2 is 2.29 bits per heavy atom. The lowest BCUT2D eigenvalue weighted by atomic mass is 10.1. The van der Waals surface area contributed by atoms with E-state index in [4.69, 9.17) is 0 Å². The highest BCUT2D eigenvalue weighted by Gasteiger charge is 2.20. The number of sulfonamides is 1. The average Bonchev–Trinajstić information content (AvgIpc) is 2.46. The molecule has 0 saturated carbocycles. The summed E-state index contributed by atoms with van der Waals surface area (Å²) in [5.74, 6) is -0.618. The minimum absolute atomic E-state index is 0.0625. The van der Waals surface area contributed by atoms with E-state index in [2.05, 4.69) is 14.8 Å². The third-order valence-corrected chi connectivity index (χ3v) is 4.75. The first kappa shape index (κ1) is 15.9. The fraction of sp³-hybridized carbons (Fsp3) is 0.500. The third-order valence-electron chi connectivity index (χ3n) is 3.35.